The summed E-state index contributed by atoms with van der Waals surface area (Å²) in [5, 5.41) is 7.02. The van der Waals surface area contributed by atoms with Gasteiger partial charge in [-0.05, 0) is 6.07 Å². The lowest BCUT2D eigenvalue weighted by Crippen LogP contribution is -2.11. The molecule has 1 aromatic heterocycles. The molecule has 0 atom stereocenters. The van der Waals surface area contributed by atoms with Gasteiger partial charge in [0.25, 0.3) is 10.0 Å². The van der Waals surface area contributed by atoms with Gasteiger partial charge in [0.05, 0.1) is 17.2 Å². The van der Waals surface area contributed by atoms with E-state index in [1.165, 1.54) is 19.2 Å². The lowest BCUT2D eigenvalue weighted by atomic mass is 10.3. The molecule has 2 rings (SSSR count). The number of hydrogen-bond acceptors (Lipinski definition) is 5. The highest BCUT2D eigenvalue weighted by Gasteiger charge is 2.22. The molecule has 0 amide bonds. The molecule has 0 aliphatic carbocycles. The third kappa shape index (κ3) is 2.16. The van der Waals surface area contributed by atoms with Crippen LogP contribution in [-0.4, -0.2) is 29.7 Å². The van der Waals surface area contributed by atoms with Crippen LogP contribution in [-0.2, 0) is 10.0 Å². The Bertz CT molecular complexity index is 671. The molecule has 0 aliphatic heterocycles. The molecule has 0 fully saturated rings. The predicted octanol–water partition coefficient (Wildman–Crippen LogP) is 1.83. The predicted molar refractivity (Wildman–Crippen MR) is 65.6 cm³/mol. The average Bonchev–Trinajstić information content (AvgIpc) is 2.85. The topological polar surface area (TPSA) is 74.1 Å². The first-order valence-electron chi connectivity index (χ1n) is 4.60. The maximum Gasteiger partial charge on any atom is 0.271 e. The summed E-state index contributed by atoms with van der Waals surface area (Å²) in [6.45, 7) is 0. The Morgan fingerprint density at radius 3 is 2.33 bits per heavy atom. The van der Waals surface area contributed by atoms with Crippen LogP contribution in [0, 0.1) is 0 Å². The van der Waals surface area contributed by atoms with Crippen molar-refractivity contribution in [3.8, 4) is 5.75 Å². The molecule has 0 radical (unpaired) electrons. The van der Waals surface area contributed by atoms with E-state index in [0.717, 1.165) is 16.6 Å². The fourth-order valence-corrected chi connectivity index (χ4v) is 3.18. The molecule has 0 unspecified atom stereocenters. The molecule has 0 saturated heterocycles. The highest BCUT2D eigenvalue weighted by molar-refractivity contribution is 7.90. The van der Waals surface area contributed by atoms with Crippen molar-refractivity contribution in [2.24, 2.45) is 0 Å². The van der Waals surface area contributed by atoms with Crippen LogP contribution < -0.4 is 4.74 Å². The number of hydrogen-bond donors (Lipinski definition) is 0. The summed E-state index contributed by atoms with van der Waals surface area (Å²) in [5.74, 6) is 0.296. The van der Waals surface area contributed by atoms with Gasteiger partial charge in [-0.25, -0.2) is 12.4 Å². The number of aromatic nitrogens is 3. The highest BCUT2D eigenvalue weighted by atomic mass is 35.5. The second-order valence-electron chi connectivity index (χ2n) is 3.21. The molecule has 0 saturated carbocycles. The minimum absolute atomic E-state index is 0.00458. The monoisotopic (exact) mass is 307 g/mol. The van der Waals surface area contributed by atoms with Crippen molar-refractivity contribution in [2.45, 2.75) is 4.90 Å². The van der Waals surface area contributed by atoms with E-state index >= 15 is 0 Å². The van der Waals surface area contributed by atoms with Crippen LogP contribution in [0.5, 0.6) is 5.75 Å². The van der Waals surface area contributed by atoms with E-state index < -0.39 is 10.0 Å². The van der Waals surface area contributed by atoms with Gasteiger partial charge < -0.3 is 4.74 Å². The van der Waals surface area contributed by atoms with E-state index in [1.807, 2.05) is 0 Å². The van der Waals surface area contributed by atoms with Gasteiger partial charge in [0, 0.05) is 6.07 Å². The second-order valence-corrected chi connectivity index (χ2v) is 5.84. The van der Waals surface area contributed by atoms with Gasteiger partial charge in [0.2, 0.25) is 0 Å². The minimum Gasteiger partial charge on any atom is -0.495 e. The van der Waals surface area contributed by atoms with Crippen LogP contribution in [0.15, 0.2) is 29.7 Å². The molecule has 0 aliphatic rings. The van der Waals surface area contributed by atoms with Crippen molar-refractivity contribution < 1.29 is 13.2 Å². The van der Waals surface area contributed by atoms with Gasteiger partial charge in [0.15, 0.2) is 0 Å². The molecule has 1 aromatic carbocycles. The Balaban J connectivity index is 2.63. The van der Waals surface area contributed by atoms with Gasteiger partial charge in [-0.1, -0.05) is 23.2 Å². The first-order chi connectivity index (χ1) is 8.46. The zero-order chi connectivity index (χ0) is 13.3. The summed E-state index contributed by atoms with van der Waals surface area (Å²) in [7, 11) is -2.45. The summed E-state index contributed by atoms with van der Waals surface area (Å²) in [6, 6.07) is 2.55. The Hall–Kier alpha value is -1.31. The molecule has 0 N–H and O–H groups in total. The van der Waals surface area contributed by atoms with Crippen molar-refractivity contribution >= 4 is 33.2 Å². The maximum absolute atomic E-state index is 12.2. The molecule has 0 spiro atoms. The SMILES string of the molecule is COc1cc(Cl)c(S(=O)(=O)n2cnnc2)cc1Cl. The van der Waals surface area contributed by atoms with Crippen LogP contribution in [0.1, 0.15) is 0 Å². The normalized spacial score (nSPS) is 11.5. The zero-order valence-corrected chi connectivity index (χ0v) is 11.4. The van der Waals surface area contributed by atoms with Crippen LogP contribution >= 0.6 is 23.2 Å². The number of nitrogens with zero attached hydrogens (tertiary/aromatic N) is 3. The lowest BCUT2D eigenvalue weighted by Gasteiger charge is -2.09. The van der Waals surface area contributed by atoms with Crippen LogP contribution in [0.4, 0.5) is 0 Å². The third-order valence-electron chi connectivity index (χ3n) is 2.16. The average molecular weight is 308 g/mol. The second kappa shape index (κ2) is 4.75. The Morgan fingerprint density at radius 2 is 1.78 bits per heavy atom. The standard InChI is InChI=1S/C9H7Cl2N3O3S/c1-17-8-2-7(11)9(3-6(8)10)18(15,16)14-4-12-13-5-14/h2-5H,1H3. The summed E-state index contributed by atoms with van der Waals surface area (Å²) in [4.78, 5) is -0.144. The van der Waals surface area contributed by atoms with Crippen molar-refractivity contribution in [1.82, 2.24) is 14.2 Å². The molecule has 6 nitrogen and oxygen atoms in total. The van der Waals surface area contributed by atoms with Crippen molar-refractivity contribution in [1.29, 1.82) is 0 Å². The van der Waals surface area contributed by atoms with E-state index in [1.54, 1.807) is 0 Å². The van der Waals surface area contributed by atoms with Crippen LogP contribution in [0.2, 0.25) is 10.0 Å². The third-order valence-corrected chi connectivity index (χ3v) is 4.52. The first-order valence-corrected chi connectivity index (χ1v) is 6.79. The summed E-state index contributed by atoms with van der Waals surface area (Å²) >= 11 is 11.8. The highest BCUT2D eigenvalue weighted by Crippen LogP contribution is 2.33. The van der Waals surface area contributed by atoms with Crippen LogP contribution in [0.3, 0.4) is 0 Å². The molecule has 0 bridgehead atoms. The number of benzene rings is 1. The Kier molecular flexibility index (Phi) is 3.47. The molecular weight excluding hydrogens is 301 g/mol. The number of methoxy groups -OCH3 is 1. The molecule has 2 aromatic rings. The van der Waals surface area contributed by atoms with Gasteiger partial charge in [0.1, 0.15) is 23.3 Å². The molecule has 1 heterocycles. The number of ether oxygens (including phenoxy) is 1. The van der Waals surface area contributed by atoms with Gasteiger partial charge in [-0.2, -0.15) is 0 Å². The van der Waals surface area contributed by atoms with E-state index in [0.29, 0.717) is 5.75 Å². The number of rotatable bonds is 3. The fraction of sp³-hybridized carbons (Fsp3) is 0.111. The zero-order valence-electron chi connectivity index (χ0n) is 9.04. The van der Waals surface area contributed by atoms with Gasteiger partial charge >= 0.3 is 0 Å². The fourth-order valence-electron chi connectivity index (χ4n) is 1.29. The molecule has 18 heavy (non-hydrogen) atoms. The van der Waals surface area contributed by atoms with E-state index in [9.17, 15) is 8.42 Å². The largest absolute Gasteiger partial charge is 0.495 e. The lowest BCUT2D eigenvalue weighted by molar-refractivity contribution is 0.414. The smallest absolute Gasteiger partial charge is 0.271 e. The van der Waals surface area contributed by atoms with Crippen molar-refractivity contribution in [3.63, 3.8) is 0 Å². The van der Waals surface area contributed by atoms with Gasteiger partial charge in [-0.15, -0.1) is 10.2 Å². The van der Waals surface area contributed by atoms with Crippen molar-refractivity contribution in [3.05, 3.63) is 34.8 Å². The van der Waals surface area contributed by atoms with Crippen LogP contribution in [0.25, 0.3) is 0 Å². The summed E-state index contributed by atoms with van der Waals surface area (Å²) in [6.07, 6.45) is 2.12. The molecule has 96 valence electrons. The molecular formula is C9H7Cl2N3O3S. The summed E-state index contributed by atoms with van der Waals surface area (Å²) in [5.41, 5.74) is 0. The first kappa shape index (κ1) is 13.1. The maximum atomic E-state index is 12.2. The van der Waals surface area contributed by atoms with Gasteiger partial charge in [-0.3, -0.25) is 0 Å². The Morgan fingerprint density at radius 1 is 1.17 bits per heavy atom. The minimum atomic E-state index is -3.85. The van der Waals surface area contributed by atoms with E-state index in [-0.39, 0.29) is 14.9 Å². The van der Waals surface area contributed by atoms with Crippen molar-refractivity contribution in [2.75, 3.05) is 7.11 Å². The van der Waals surface area contributed by atoms with E-state index in [4.69, 9.17) is 27.9 Å². The number of halogens is 2. The quantitative estimate of drug-likeness (QED) is 0.865. The Labute approximate surface area is 113 Å². The van der Waals surface area contributed by atoms with E-state index in [2.05, 4.69) is 10.2 Å². The molecule has 9 heteroatoms. The summed E-state index contributed by atoms with van der Waals surface area (Å²) < 4.78 is 30.1.